The van der Waals surface area contributed by atoms with E-state index in [-0.39, 0.29) is 0 Å². The molecule has 0 saturated carbocycles. The van der Waals surface area contributed by atoms with Crippen molar-refractivity contribution in [3.8, 4) is 0 Å². The lowest BCUT2D eigenvalue weighted by atomic mass is 9.98. The molecule has 0 aliphatic carbocycles. The van der Waals surface area contributed by atoms with E-state index in [1.807, 2.05) is 0 Å². The molecular weight excluding hydrogens is 207 g/mol. The second kappa shape index (κ2) is 4.24. The first-order valence-corrected chi connectivity index (χ1v) is 5.21. The first kappa shape index (κ1) is 12.7. The van der Waals surface area contributed by atoms with Crippen molar-refractivity contribution in [2.75, 3.05) is 0 Å². The largest absolute Gasteiger partial charge is 0.457 e. The number of benzene rings is 1. The van der Waals surface area contributed by atoms with Crippen molar-refractivity contribution < 1.29 is 13.9 Å². The third kappa shape index (κ3) is 3.05. The molecule has 1 rings (SSSR count). The Hall–Kier alpha value is -1.38. The SMILES string of the molecule is CC(C)(C)OC(=O)C(C)(F)c1ccccc1. The molecule has 0 aromatic heterocycles. The molecule has 2 nitrogen and oxygen atoms in total. The van der Waals surface area contributed by atoms with Gasteiger partial charge in [-0.3, -0.25) is 0 Å². The monoisotopic (exact) mass is 224 g/mol. The summed E-state index contributed by atoms with van der Waals surface area (Å²) in [6, 6.07) is 8.30. The van der Waals surface area contributed by atoms with Gasteiger partial charge in [0.15, 0.2) is 0 Å². The maximum Gasteiger partial charge on any atom is 0.348 e. The molecule has 0 N–H and O–H groups in total. The first-order chi connectivity index (χ1) is 7.23. The topological polar surface area (TPSA) is 26.3 Å². The van der Waals surface area contributed by atoms with Crippen molar-refractivity contribution >= 4 is 5.97 Å². The second-order valence-electron chi connectivity index (χ2n) is 4.87. The van der Waals surface area contributed by atoms with Crippen molar-refractivity contribution in [2.45, 2.75) is 39.0 Å². The van der Waals surface area contributed by atoms with Crippen LogP contribution in [0.2, 0.25) is 0 Å². The average molecular weight is 224 g/mol. The standard InChI is InChI=1S/C13H17FO2/c1-12(2,3)16-11(15)13(4,14)10-8-6-5-7-9-10/h5-9H,1-4H3. The van der Waals surface area contributed by atoms with E-state index >= 15 is 0 Å². The fourth-order valence-electron chi connectivity index (χ4n) is 1.24. The van der Waals surface area contributed by atoms with Gasteiger partial charge in [-0.25, -0.2) is 9.18 Å². The molecule has 0 heterocycles. The summed E-state index contributed by atoms with van der Waals surface area (Å²) >= 11 is 0. The summed E-state index contributed by atoms with van der Waals surface area (Å²) in [4.78, 5) is 11.7. The molecule has 1 atom stereocenters. The molecule has 0 saturated heterocycles. The number of hydrogen-bond acceptors (Lipinski definition) is 2. The van der Waals surface area contributed by atoms with E-state index in [4.69, 9.17) is 4.74 Å². The van der Waals surface area contributed by atoms with Crippen molar-refractivity contribution in [1.29, 1.82) is 0 Å². The van der Waals surface area contributed by atoms with Gasteiger partial charge in [0, 0.05) is 5.56 Å². The number of hydrogen-bond donors (Lipinski definition) is 0. The Morgan fingerprint density at radius 3 is 2.06 bits per heavy atom. The molecule has 88 valence electrons. The van der Waals surface area contributed by atoms with E-state index in [9.17, 15) is 9.18 Å². The summed E-state index contributed by atoms with van der Waals surface area (Å²) in [7, 11) is 0. The molecular formula is C13H17FO2. The zero-order valence-corrected chi connectivity index (χ0v) is 10.1. The third-order valence-corrected chi connectivity index (χ3v) is 2.10. The Morgan fingerprint density at radius 1 is 1.12 bits per heavy atom. The number of alkyl halides is 1. The van der Waals surface area contributed by atoms with Crippen LogP contribution in [-0.4, -0.2) is 11.6 Å². The first-order valence-electron chi connectivity index (χ1n) is 5.21. The van der Waals surface area contributed by atoms with Gasteiger partial charge in [-0.15, -0.1) is 0 Å². The van der Waals surface area contributed by atoms with Gasteiger partial charge in [0.05, 0.1) is 0 Å². The molecule has 0 spiro atoms. The second-order valence-corrected chi connectivity index (χ2v) is 4.87. The summed E-state index contributed by atoms with van der Waals surface area (Å²) in [6.45, 7) is 6.36. The number of rotatable bonds is 2. The number of carbonyl (C=O) groups is 1. The third-order valence-electron chi connectivity index (χ3n) is 2.10. The molecule has 0 amide bonds. The molecule has 1 aromatic rings. The Kier molecular flexibility index (Phi) is 3.36. The van der Waals surface area contributed by atoms with E-state index < -0.39 is 17.2 Å². The van der Waals surface area contributed by atoms with Crippen LogP contribution in [0.15, 0.2) is 30.3 Å². The molecule has 0 aliphatic heterocycles. The predicted molar refractivity (Wildman–Crippen MR) is 60.7 cm³/mol. The van der Waals surface area contributed by atoms with Crippen LogP contribution in [0.4, 0.5) is 4.39 Å². The zero-order chi connectivity index (χ0) is 12.4. The highest BCUT2D eigenvalue weighted by molar-refractivity contribution is 5.81. The quantitative estimate of drug-likeness (QED) is 0.721. The van der Waals surface area contributed by atoms with Gasteiger partial charge in [0.25, 0.3) is 0 Å². The van der Waals surface area contributed by atoms with Gasteiger partial charge < -0.3 is 4.74 Å². The Labute approximate surface area is 95.4 Å². The lowest BCUT2D eigenvalue weighted by Crippen LogP contribution is -2.35. The number of ether oxygens (including phenoxy) is 1. The van der Waals surface area contributed by atoms with Gasteiger partial charge in [-0.2, -0.15) is 0 Å². The maximum atomic E-state index is 14.3. The van der Waals surface area contributed by atoms with Gasteiger partial charge in [0.2, 0.25) is 5.67 Å². The van der Waals surface area contributed by atoms with E-state index in [2.05, 4.69) is 0 Å². The molecule has 1 unspecified atom stereocenters. The summed E-state index contributed by atoms with van der Waals surface area (Å²) in [6.07, 6.45) is 0. The molecule has 16 heavy (non-hydrogen) atoms. The van der Waals surface area contributed by atoms with Gasteiger partial charge in [-0.05, 0) is 27.7 Å². The van der Waals surface area contributed by atoms with Crippen LogP contribution in [0.3, 0.4) is 0 Å². The minimum Gasteiger partial charge on any atom is -0.457 e. The molecule has 1 aromatic carbocycles. The number of halogens is 1. The lowest BCUT2D eigenvalue weighted by Gasteiger charge is -2.26. The number of esters is 1. The average Bonchev–Trinajstić information content (AvgIpc) is 2.16. The summed E-state index contributed by atoms with van der Waals surface area (Å²) in [5, 5.41) is 0. The number of carbonyl (C=O) groups excluding carboxylic acids is 1. The Bertz CT molecular complexity index is 363. The van der Waals surface area contributed by atoms with Crippen LogP contribution in [0.25, 0.3) is 0 Å². The van der Waals surface area contributed by atoms with Gasteiger partial charge >= 0.3 is 5.97 Å². The van der Waals surface area contributed by atoms with Crippen LogP contribution in [0.1, 0.15) is 33.3 Å². The smallest absolute Gasteiger partial charge is 0.348 e. The predicted octanol–water partition coefficient (Wildman–Crippen LogP) is 3.21. The maximum absolute atomic E-state index is 14.3. The van der Waals surface area contributed by atoms with Crippen LogP contribution in [0.5, 0.6) is 0 Å². The van der Waals surface area contributed by atoms with Gasteiger partial charge in [-0.1, -0.05) is 30.3 Å². The summed E-state index contributed by atoms with van der Waals surface area (Å²) in [5.41, 5.74) is -2.47. The van der Waals surface area contributed by atoms with E-state index in [1.54, 1.807) is 51.1 Å². The Morgan fingerprint density at radius 2 is 1.62 bits per heavy atom. The van der Waals surface area contributed by atoms with Crippen LogP contribution < -0.4 is 0 Å². The van der Waals surface area contributed by atoms with Crippen LogP contribution in [-0.2, 0) is 15.2 Å². The summed E-state index contributed by atoms with van der Waals surface area (Å²) < 4.78 is 19.3. The van der Waals surface area contributed by atoms with Crippen molar-refractivity contribution in [3.63, 3.8) is 0 Å². The van der Waals surface area contributed by atoms with Gasteiger partial charge in [0.1, 0.15) is 5.60 Å². The highest BCUT2D eigenvalue weighted by atomic mass is 19.1. The van der Waals surface area contributed by atoms with E-state index in [0.717, 1.165) is 0 Å². The molecule has 0 bridgehead atoms. The fourth-order valence-corrected chi connectivity index (χ4v) is 1.24. The van der Waals surface area contributed by atoms with Crippen molar-refractivity contribution in [1.82, 2.24) is 0 Å². The normalized spacial score (nSPS) is 15.3. The Balaban J connectivity index is 2.90. The van der Waals surface area contributed by atoms with Crippen molar-refractivity contribution in [2.24, 2.45) is 0 Å². The highest BCUT2D eigenvalue weighted by Crippen LogP contribution is 2.28. The zero-order valence-electron chi connectivity index (χ0n) is 10.1. The minimum atomic E-state index is -2.10. The molecule has 0 aliphatic rings. The lowest BCUT2D eigenvalue weighted by molar-refractivity contribution is -0.169. The van der Waals surface area contributed by atoms with E-state index in [0.29, 0.717) is 5.56 Å². The van der Waals surface area contributed by atoms with Crippen molar-refractivity contribution in [3.05, 3.63) is 35.9 Å². The highest BCUT2D eigenvalue weighted by Gasteiger charge is 2.38. The van der Waals surface area contributed by atoms with E-state index in [1.165, 1.54) is 6.92 Å². The molecule has 3 heteroatoms. The molecule has 0 fully saturated rings. The summed E-state index contributed by atoms with van der Waals surface area (Å²) in [5.74, 6) is -0.855. The molecule has 0 radical (unpaired) electrons. The van der Waals surface area contributed by atoms with Crippen LogP contribution in [0, 0.1) is 0 Å². The minimum absolute atomic E-state index is 0.309. The fraction of sp³-hybridized carbons (Fsp3) is 0.462. The van der Waals surface area contributed by atoms with Crippen LogP contribution >= 0.6 is 0 Å².